The van der Waals surface area contributed by atoms with Crippen molar-refractivity contribution < 1.29 is 14.6 Å². The van der Waals surface area contributed by atoms with Gasteiger partial charge in [0.25, 0.3) is 0 Å². The van der Waals surface area contributed by atoms with Gasteiger partial charge >= 0.3 is 5.97 Å². The van der Waals surface area contributed by atoms with Crippen LogP contribution in [0, 0.1) is 12.8 Å². The van der Waals surface area contributed by atoms with Crippen molar-refractivity contribution in [2.45, 2.75) is 52.1 Å². The Morgan fingerprint density at radius 3 is 2.89 bits per heavy atom. The minimum absolute atomic E-state index is 0.165. The zero-order valence-corrected chi connectivity index (χ0v) is 11.7. The highest BCUT2D eigenvalue weighted by Gasteiger charge is 2.23. The van der Waals surface area contributed by atoms with Crippen molar-refractivity contribution in [3.8, 4) is 5.75 Å². The van der Waals surface area contributed by atoms with Crippen LogP contribution in [0.3, 0.4) is 0 Å². The Kier molecular flexibility index (Phi) is 4.46. The molecule has 0 saturated heterocycles. The van der Waals surface area contributed by atoms with Crippen LogP contribution in [0.5, 0.6) is 5.75 Å². The molecule has 0 bridgehead atoms. The molecular formula is C16H22O3. The van der Waals surface area contributed by atoms with E-state index in [1.54, 1.807) is 6.07 Å². The summed E-state index contributed by atoms with van der Waals surface area (Å²) in [6, 6.07) is 5.28. The molecule has 1 aliphatic carbocycles. The summed E-state index contributed by atoms with van der Waals surface area (Å²) in [6.45, 7) is 4.16. The molecule has 0 heterocycles. The van der Waals surface area contributed by atoms with E-state index in [4.69, 9.17) is 4.74 Å². The number of aromatic carboxylic acids is 1. The number of ether oxygens (including phenoxy) is 1. The van der Waals surface area contributed by atoms with E-state index in [-0.39, 0.29) is 11.7 Å². The number of carbonyl (C=O) groups is 1. The van der Waals surface area contributed by atoms with Gasteiger partial charge in [0.05, 0.1) is 6.10 Å². The second kappa shape index (κ2) is 6.09. The maximum atomic E-state index is 11.2. The molecule has 1 N–H and O–H groups in total. The molecule has 2 rings (SSSR count). The van der Waals surface area contributed by atoms with Crippen molar-refractivity contribution in [3.63, 3.8) is 0 Å². The van der Waals surface area contributed by atoms with E-state index in [9.17, 15) is 9.90 Å². The Labute approximate surface area is 114 Å². The molecule has 2 atom stereocenters. The smallest absolute Gasteiger partial charge is 0.339 e. The summed E-state index contributed by atoms with van der Waals surface area (Å²) in [7, 11) is 0. The van der Waals surface area contributed by atoms with Gasteiger partial charge in [0.15, 0.2) is 0 Å². The second-order valence-electron chi connectivity index (χ2n) is 5.49. The van der Waals surface area contributed by atoms with Gasteiger partial charge in [-0.15, -0.1) is 0 Å². The zero-order chi connectivity index (χ0) is 13.8. The van der Waals surface area contributed by atoms with Crippen molar-refractivity contribution in [1.82, 2.24) is 0 Å². The first kappa shape index (κ1) is 13.9. The van der Waals surface area contributed by atoms with Crippen LogP contribution in [-0.4, -0.2) is 17.2 Å². The molecule has 0 aromatic heterocycles. The van der Waals surface area contributed by atoms with Crippen LogP contribution in [0.25, 0.3) is 0 Å². The molecule has 0 aliphatic heterocycles. The highest BCUT2D eigenvalue weighted by Crippen LogP contribution is 2.31. The van der Waals surface area contributed by atoms with Crippen molar-refractivity contribution in [2.24, 2.45) is 5.92 Å². The molecule has 1 aromatic carbocycles. The first-order valence-electron chi connectivity index (χ1n) is 7.10. The molecule has 1 fully saturated rings. The fourth-order valence-electron chi connectivity index (χ4n) is 2.80. The fourth-order valence-corrected chi connectivity index (χ4v) is 2.80. The standard InChI is InChI=1S/C16H22O3/c1-3-12-5-4-6-13(10-12)19-15-9-11(2)7-8-14(15)16(17)18/h7-9,12-13H,3-6,10H2,1-2H3,(H,17,18). The Morgan fingerprint density at radius 2 is 2.21 bits per heavy atom. The molecule has 0 amide bonds. The van der Waals surface area contributed by atoms with Gasteiger partial charge in [0, 0.05) is 0 Å². The van der Waals surface area contributed by atoms with Crippen molar-refractivity contribution >= 4 is 5.97 Å². The Balaban J connectivity index is 2.13. The first-order chi connectivity index (χ1) is 9.10. The van der Waals surface area contributed by atoms with E-state index in [0.717, 1.165) is 24.3 Å². The third-order valence-electron chi connectivity index (χ3n) is 3.97. The Bertz CT molecular complexity index is 453. The normalized spacial score (nSPS) is 23.1. The number of aryl methyl sites for hydroxylation is 1. The molecule has 19 heavy (non-hydrogen) atoms. The van der Waals surface area contributed by atoms with Crippen LogP contribution in [0.15, 0.2) is 18.2 Å². The van der Waals surface area contributed by atoms with E-state index >= 15 is 0 Å². The zero-order valence-electron chi connectivity index (χ0n) is 11.7. The van der Waals surface area contributed by atoms with Gasteiger partial charge in [-0.3, -0.25) is 0 Å². The first-order valence-corrected chi connectivity index (χ1v) is 7.10. The van der Waals surface area contributed by atoms with Gasteiger partial charge in [-0.1, -0.05) is 25.8 Å². The molecule has 2 unspecified atom stereocenters. The monoisotopic (exact) mass is 262 g/mol. The molecule has 1 aliphatic rings. The van der Waals surface area contributed by atoms with Crippen LogP contribution in [-0.2, 0) is 0 Å². The molecule has 0 spiro atoms. The van der Waals surface area contributed by atoms with Gasteiger partial charge < -0.3 is 9.84 Å². The lowest BCUT2D eigenvalue weighted by atomic mass is 9.85. The predicted molar refractivity (Wildman–Crippen MR) is 74.8 cm³/mol. The van der Waals surface area contributed by atoms with Gasteiger partial charge in [0.1, 0.15) is 11.3 Å². The van der Waals surface area contributed by atoms with Crippen LogP contribution in [0.2, 0.25) is 0 Å². The van der Waals surface area contributed by atoms with Crippen LogP contribution >= 0.6 is 0 Å². The van der Waals surface area contributed by atoms with E-state index in [1.165, 1.54) is 19.3 Å². The van der Waals surface area contributed by atoms with Gasteiger partial charge in [-0.25, -0.2) is 4.79 Å². The number of carboxylic acid groups (broad SMARTS) is 1. The largest absolute Gasteiger partial charge is 0.490 e. The molecule has 3 nitrogen and oxygen atoms in total. The van der Waals surface area contributed by atoms with E-state index < -0.39 is 5.97 Å². The van der Waals surface area contributed by atoms with E-state index in [0.29, 0.717) is 5.75 Å². The summed E-state index contributed by atoms with van der Waals surface area (Å²) in [4.78, 5) is 11.2. The number of rotatable bonds is 4. The third kappa shape index (κ3) is 3.49. The number of carboxylic acids is 1. The molecule has 3 heteroatoms. The third-order valence-corrected chi connectivity index (χ3v) is 3.97. The Hall–Kier alpha value is -1.51. The lowest BCUT2D eigenvalue weighted by molar-refractivity contribution is 0.0682. The van der Waals surface area contributed by atoms with Gasteiger partial charge in [-0.2, -0.15) is 0 Å². The molecule has 1 saturated carbocycles. The maximum absolute atomic E-state index is 11.2. The average molecular weight is 262 g/mol. The lowest BCUT2D eigenvalue weighted by Gasteiger charge is -2.29. The number of hydrogen-bond acceptors (Lipinski definition) is 2. The summed E-state index contributed by atoms with van der Waals surface area (Å²) in [6.07, 6.45) is 5.87. The highest BCUT2D eigenvalue weighted by molar-refractivity contribution is 5.90. The van der Waals surface area contributed by atoms with Crippen LogP contribution in [0.1, 0.15) is 54.9 Å². The summed E-state index contributed by atoms with van der Waals surface area (Å²) in [5.74, 6) is 0.323. The van der Waals surface area contributed by atoms with Crippen LogP contribution in [0.4, 0.5) is 0 Å². The molecule has 104 valence electrons. The average Bonchev–Trinajstić information content (AvgIpc) is 2.38. The quantitative estimate of drug-likeness (QED) is 0.890. The molecular weight excluding hydrogens is 240 g/mol. The van der Waals surface area contributed by atoms with E-state index in [2.05, 4.69) is 6.92 Å². The SMILES string of the molecule is CCC1CCCC(Oc2cc(C)ccc2C(=O)O)C1. The summed E-state index contributed by atoms with van der Waals surface area (Å²) >= 11 is 0. The van der Waals surface area contributed by atoms with Gasteiger partial charge in [0.2, 0.25) is 0 Å². The minimum Gasteiger partial charge on any atom is -0.490 e. The summed E-state index contributed by atoms with van der Waals surface area (Å²) < 4.78 is 5.98. The van der Waals surface area contributed by atoms with Crippen molar-refractivity contribution in [1.29, 1.82) is 0 Å². The number of hydrogen-bond donors (Lipinski definition) is 1. The maximum Gasteiger partial charge on any atom is 0.339 e. The number of benzene rings is 1. The van der Waals surface area contributed by atoms with Crippen molar-refractivity contribution in [2.75, 3.05) is 0 Å². The van der Waals surface area contributed by atoms with E-state index in [1.807, 2.05) is 19.1 Å². The second-order valence-corrected chi connectivity index (χ2v) is 5.49. The summed E-state index contributed by atoms with van der Waals surface area (Å²) in [5, 5.41) is 9.20. The fraction of sp³-hybridized carbons (Fsp3) is 0.562. The van der Waals surface area contributed by atoms with Crippen LogP contribution < -0.4 is 4.74 Å². The molecule has 1 aromatic rings. The predicted octanol–water partition coefficient (Wildman–Crippen LogP) is 4.04. The minimum atomic E-state index is -0.919. The summed E-state index contributed by atoms with van der Waals surface area (Å²) in [5.41, 5.74) is 1.30. The topological polar surface area (TPSA) is 46.5 Å². The highest BCUT2D eigenvalue weighted by atomic mass is 16.5. The Morgan fingerprint density at radius 1 is 1.42 bits per heavy atom. The molecule has 0 radical (unpaired) electrons. The van der Waals surface area contributed by atoms with Crippen molar-refractivity contribution in [3.05, 3.63) is 29.3 Å². The van der Waals surface area contributed by atoms with Gasteiger partial charge in [-0.05, 0) is 49.8 Å². The lowest BCUT2D eigenvalue weighted by Crippen LogP contribution is -2.25.